The zero-order chi connectivity index (χ0) is 32.1. The van der Waals surface area contributed by atoms with Gasteiger partial charge in [-0.25, -0.2) is 4.79 Å². The van der Waals surface area contributed by atoms with Crippen LogP contribution < -0.4 is 24.6 Å². The van der Waals surface area contributed by atoms with Crippen LogP contribution in [0.15, 0.2) is 36.4 Å². The predicted molar refractivity (Wildman–Crippen MR) is 171 cm³/mol. The number of terminal acetylenes is 1. The number of halogens is 1. The molecule has 4 rings (SSSR count). The van der Waals surface area contributed by atoms with E-state index in [1.54, 1.807) is 49.5 Å². The van der Waals surface area contributed by atoms with Gasteiger partial charge in [0.2, 0.25) is 5.91 Å². The van der Waals surface area contributed by atoms with Crippen molar-refractivity contribution in [2.45, 2.75) is 83.4 Å². The van der Waals surface area contributed by atoms with Gasteiger partial charge in [0, 0.05) is 30.4 Å². The lowest BCUT2D eigenvalue weighted by atomic mass is 9.78. The summed E-state index contributed by atoms with van der Waals surface area (Å²) in [7, 11) is 3.12. The molecule has 2 aliphatic rings. The van der Waals surface area contributed by atoms with Gasteiger partial charge in [-0.2, -0.15) is 0 Å². The molecule has 2 fully saturated rings. The zero-order valence-electron chi connectivity index (χ0n) is 26.2. The highest BCUT2D eigenvalue weighted by atomic mass is 35.5. The Labute approximate surface area is 265 Å². The van der Waals surface area contributed by atoms with Crippen molar-refractivity contribution < 1.29 is 28.6 Å². The average Bonchev–Trinajstić information content (AvgIpc) is 3.82. The minimum Gasteiger partial charge on any atom is -0.497 e. The van der Waals surface area contributed by atoms with Crippen LogP contribution >= 0.6 is 11.6 Å². The molecule has 10 heteroatoms. The monoisotopic (exact) mass is 623 g/mol. The number of rotatable bonds is 10. The molecule has 0 unspecified atom stereocenters. The van der Waals surface area contributed by atoms with Gasteiger partial charge in [0.1, 0.15) is 22.6 Å². The number of benzene rings is 2. The smallest absolute Gasteiger partial charge is 0.414 e. The third-order valence-electron chi connectivity index (χ3n) is 8.02. The topological polar surface area (TPSA) is 97.4 Å². The van der Waals surface area contributed by atoms with E-state index in [9.17, 15) is 14.4 Å². The predicted octanol–water partition coefficient (Wildman–Crippen LogP) is 6.49. The average molecular weight is 624 g/mol. The van der Waals surface area contributed by atoms with Crippen molar-refractivity contribution >= 4 is 40.9 Å². The lowest BCUT2D eigenvalue weighted by Crippen LogP contribution is -2.61. The fraction of sp³-hybridized carbons (Fsp3) is 0.500. The van der Waals surface area contributed by atoms with Crippen LogP contribution in [0.25, 0.3) is 0 Å². The van der Waals surface area contributed by atoms with E-state index in [0.29, 0.717) is 48.2 Å². The van der Waals surface area contributed by atoms with Gasteiger partial charge >= 0.3 is 12.0 Å². The Bertz CT molecular complexity index is 1420. The molecule has 0 radical (unpaired) electrons. The van der Waals surface area contributed by atoms with E-state index in [4.69, 9.17) is 32.2 Å². The minimum atomic E-state index is -1.23. The molecule has 236 valence electrons. The second-order valence-corrected chi connectivity index (χ2v) is 12.8. The van der Waals surface area contributed by atoms with Crippen molar-refractivity contribution in [3.8, 4) is 23.8 Å². The molecule has 9 nitrogen and oxygen atoms in total. The summed E-state index contributed by atoms with van der Waals surface area (Å²) < 4.78 is 16.5. The van der Waals surface area contributed by atoms with Gasteiger partial charge in [-0.05, 0) is 88.6 Å². The summed E-state index contributed by atoms with van der Waals surface area (Å²) in [5, 5.41) is 3.28. The first-order valence-electron chi connectivity index (χ1n) is 15.0. The fourth-order valence-corrected chi connectivity index (χ4v) is 5.93. The van der Waals surface area contributed by atoms with Gasteiger partial charge in [0.05, 0.1) is 24.9 Å². The fourth-order valence-electron chi connectivity index (χ4n) is 5.65. The second kappa shape index (κ2) is 13.8. The Kier molecular flexibility index (Phi) is 10.4. The molecule has 1 N–H and O–H groups in total. The molecule has 44 heavy (non-hydrogen) atoms. The van der Waals surface area contributed by atoms with E-state index in [0.717, 1.165) is 37.7 Å². The summed E-state index contributed by atoms with van der Waals surface area (Å²) in [6, 6.07) is 10.4. The molecule has 0 spiro atoms. The summed E-state index contributed by atoms with van der Waals surface area (Å²) in [5.74, 6) is 2.84. The highest BCUT2D eigenvalue weighted by Crippen LogP contribution is 2.41. The number of ether oxygens (including phenoxy) is 3. The Hall–Kier alpha value is -3.90. The number of amides is 3. The van der Waals surface area contributed by atoms with E-state index in [1.165, 1.54) is 4.90 Å². The summed E-state index contributed by atoms with van der Waals surface area (Å²) in [4.78, 5) is 43.7. The highest BCUT2D eigenvalue weighted by molar-refractivity contribution is 6.34. The molecule has 2 aromatic carbocycles. The second-order valence-electron chi connectivity index (χ2n) is 12.4. The van der Waals surface area contributed by atoms with Crippen LogP contribution in [0, 0.1) is 18.3 Å². The maximum atomic E-state index is 14.1. The van der Waals surface area contributed by atoms with Crippen molar-refractivity contribution in [1.82, 2.24) is 5.32 Å². The number of carbonyl (C=O) groups excluding carboxylic acids is 3. The quantitative estimate of drug-likeness (QED) is 0.304. The molecule has 0 atom stereocenters. The molecule has 2 aromatic rings. The van der Waals surface area contributed by atoms with E-state index >= 15 is 0 Å². The Morgan fingerprint density at radius 1 is 1.05 bits per heavy atom. The van der Waals surface area contributed by atoms with Gasteiger partial charge in [0.15, 0.2) is 0 Å². The van der Waals surface area contributed by atoms with Crippen molar-refractivity contribution in [3.05, 3.63) is 47.0 Å². The number of nitrogens with zero attached hydrogens (tertiary/aromatic N) is 2. The molecular formula is C34H42ClN3O6. The highest BCUT2D eigenvalue weighted by Gasteiger charge is 2.48. The van der Waals surface area contributed by atoms with Crippen LogP contribution in [-0.4, -0.2) is 49.8 Å². The first-order valence-corrected chi connectivity index (χ1v) is 15.4. The van der Waals surface area contributed by atoms with Crippen molar-refractivity contribution in [3.63, 3.8) is 0 Å². The molecule has 0 saturated heterocycles. The van der Waals surface area contributed by atoms with Crippen molar-refractivity contribution in [1.29, 1.82) is 0 Å². The van der Waals surface area contributed by atoms with Crippen LogP contribution in [0.4, 0.5) is 16.2 Å². The molecule has 3 amide bonds. The maximum Gasteiger partial charge on any atom is 0.414 e. The van der Waals surface area contributed by atoms with E-state index in [2.05, 4.69) is 11.2 Å². The molecule has 0 bridgehead atoms. The number of hydrogen-bond donors (Lipinski definition) is 1. The lowest BCUT2D eigenvalue weighted by Gasteiger charge is -2.44. The zero-order valence-corrected chi connectivity index (χ0v) is 27.0. The molecular weight excluding hydrogens is 582 g/mol. The van der Waals surface area contributed by atoms with Crippen molar-refractivity contribution in [2.24, 2.45) is 5.92 Å². The molecule has 0 aromatic heterocycles. The van der Waals surface area contributed by atoms with Gasteiger partial charge < -0.3 is 19.5 Å². The SMILES string of the molecule is C#CC(=O)N(c1ccc(N(CC2CC2)C(=O)OC(C)(C)C)c(Cl)c1)C1(C(=O)NCc2ccc(OC)cc2OC)CCCCC1. The first kappa shape index (κ1) is 33.0. The third kappa shape index (κ3) is 7.59. The van der Waals surface area contributed by atoms with E-state index < -0.39 is 23.1 Å². The summed E-state index contributed by atoms with van der Waals surface area (Å²) in [6.45, 7) is 6.09. The van der Waals surface area contributed by atoms with Gasteiger partial charge in [-0.3, -0.25) is 19.4 Å². The number of anilines is 2. The normalized spacial score (nSPS) is 15.8. The molecule has 2 saturated carbocycles. The molecule has 2 aliphatic carbocycles. The van der Waals surface area contributed by atoms with Crippen LogP contribution in [0.3, 0.4) is 0 Å². The maximum absolute atomic E-state index is 14.1. The largest absolute Gasteiger partial charge is 0.497 e. The van der Waals surface area contributed by atoms with Gasteiger partial charge in [-0.15, -0.1) is 6.42 Å². The van der Waals surface area contributed by atoms with Crippen LogP contribution in [-0.2, 0) is 20.9 Å². The van der Waals surface area contributed by atoms with Crippen LogP contribution in [0.1, 0.15) is 71.3 Å². The first-order chi connectivity index (χ1) is 20.9. The minimum absolute atomic E-state index is 0.178. The van der Waals surface area contributed by atoms with Crippen molar-refractivity contribution in [2.75, 3.05) is 30.6 Å². The van der Waals surface area contributed by atoms with E-state index in [-0.39, 0.29) is 17.5 Å². The Balaban J connectivity index is 1.68. The molecule has 0 aliphatic heterocycles. The molecule has 0 heterocycles. The Morgan fingerprint density at radius 2 is 1.75 bits per heavy atom. The summed E-state index contributed by atoms with van der Waals surface area (Å²) in [5.41, 5.74) is -0.300. The number of hydrogen-bond acceptors (Lipinski definition) is 6. The van der Waals surface area contributed by atoms with Crippen LogP contribution in [0.5, 0.6) is 11.5 Å². The Morgan fingerprint density at radius 3 is 2.32 bits per heavy atom. The number of nitrogens with one attached hydrogen (secondary N) is 1. The van der Waals surface area contributed by atoms with Gasteiger partial charge in [0.25, 0.3) is 0 Å². The van der Waals surface area contributed by atoms with Crippen LogP contribution in [0.2, 0.25) is 5.02 Å². The van der Waals surface area contributed by atoms with Gasteiger partial charge in [-0.1, -0.05) is 30.9 Å². The standard InChI is InChI=1S/C34H42ClN3O6/c1-7-30(39)38(25-14-16-28(27(35)19-25)37(22-23-11-12-23)32(41)44-33(2,3)4)34(17-9-8-10-18-34)31(40)36-21-24-13-15-26(42-5)20-29(24)43-6/h1,13-16,19-20,23H,8-12,17-18,21-22H2,2-6H3,(H,36,40). The van der Waals surface area contributed by atoms with E-state index in [1.807, 2.05) is 26.8 Å². The number of methoxy groups -OCH3 is 2. The summed E-state index contributed by atoms with van der Waals surface area (Å²) >= 11 is 6.83. The third-order valence-corrected chi connectivity index (χ3v) is 8.33. The lowest BCUT2D eigenvalue weighted by molar-refractivity contribution is -0.130. The summed E-state index contributed by atoms with van der Waals surface area (Å²) in [6.07, 6.45) is 10.5. The number of carbonyl (C=O) groups is 3.